The first-order valence-electron chi connectivity index (χ1n) is 4.94. The van der Waals surface area contributed by atoms with Gasteiger partial charge in [-0.05, 0) is 29.5 Å². The van der Waals surface area contributed by atoms with Gasteiger partial charge in [-0.2, -0.15) is 0 Å². The number of anilines is 1. The first-order chi connectivity index (χ1) is 6.32. The van der Waals surface area contributed by atoms with Crippen LogP contribution in [0.2, 0.25) is 0 Å². The summed E-state index contributed by atoms with van der Waals surface area (Å²) >= 11 is 0. The van der Waals surface area contributed by atoms with Crippen molar-refractivity contribution >= 4 is 5.69 Å². The molecule has 1 aromatic rings. The first-order valence-corrected chi connectivity index (χ1v) is 4.94. The van der Waals surface area contributed by atoms with Gasteiger partial charge in [0.1, 0.15) is 0 Å². The van der Waals surface area contributed by atoms with Crippen LogP contribution in [0.5, 0.6) is 0 Å². The Morgan fingerprint density at radius 1 is 1.21 bits per heavy atom. The largest absolute Gasteiger partial charge is 0.399 e. The highest BCUT2D eigenvalue weighted by molar-refractivity contribution is 5.49. The van der Waals surface area contributed by atoms with Gasteiger partial charge in [0, 0.05) is 11.7 Å². The van der Waals surface area contributed by atoms with Crippen molar-refractivity contribution in [3.8, 4) is 0 Å². The molecule has 0 aliphatic rings. The molecule has 2 nitrogen and oxygen atoms in total. The molecule has 14 heavy (non-hydrogen) atoms. The van der Waals surface area contributed by atoms with E-state index in [1.54, 1.807) is 0 Å². The lowest BCUT2D eigenvalue weighted by Crippen LogP contribution is -2.26. The molecule has 1 atom stereocenters. The van der Waals surface area contributed by atoms with Crippen molar-refractivity contribution in [1.82, 2.24) is 0 Å². The van der Waals surface area contributed by atoms with E-state index in [0.717, 1.165) is 16.8 Å². The molecule has 0 saturated carbocycles. The van der Waals surface area contributed by atoms with Crippen molar-refractivity contribution in [2.24, 2.45) is 11.1 Å². The number of aryl methyl sites for hydroxylation is 1. The predicted molar refractivity (Wildman–Crippen MR) is 62.0 cm³/mol. The molecule has 4 N–H and O–H groups in total. The highest BCUT2D eigenvalue weighted by Crippen LogP contribution is 2.31. The Balaban J connectivity index is 3.03. The minimum atomic E-state index is 0.0328. The topological polar surface area (TPSA) is 52.0 Å². The molecular formula is C12H20N2. The summed E-state index contributed by atoms with van der Waals surface area (Å²) < 4.78 is 0. The zero-order valence-electron chi connectivity index (χ0n) is 9.46. The standard InChI is InChI=1S/C12H20N2/c1-8-5-6-9(7-10(8)13)11(14)12(2,3)4/h5-7,11H,13-14H2,1-4H3/t11-/m0/s1. The van der Waals surface area contributed by atoms with E-state index < -0.39 is 0 Å². The van der Waals surface area contributed by atoms with Crippen molar-refractivity contribution in [3.05, 3.63) is 29.3 Å². The Bertz CT molecular complexity index is 324. The van der Waals surface area contributed by atoms with Gasteiger partial charge in [-0.1, -0.05) is 32.9 Å². The fourth-order valence-corrected chi connectivity index (χ4v) is 1.35. The molecule has 0 unspecified atom stereocenters. The van der Waals surface area contributed by atoms with Gasteiger partial charge in [0.15, 0.2) is 0 Å². The Morgan fingerprint density at radius 3 is 2.21 bits per heavy atom. The van der Waals surface area contributed by atoms with Crippen molar-refractivity contribution in [2.75, 3.05) is 5.73 Å². The quantitative estimate of drug-likeness (QED) is 0.672. The van der Waals surface area contributed by atoms with Crippen molar-refractivity contribution in [1.29, 1.82) is 0 Å². The molecule has 78 valence electrons. The van der Waals surface area contributed by atoms with E-state index >= 15 is 0 Å². The second-order valence-electron chi connectivity index (χ2n) is 4.96. The smallest absolute Gasteiger partial charge is 0.0347 e. The third kappa shape index (κ3) is 2.26. The molecular weight excluding hydrogens is 172 g/mol. The molecule has 0 aromatic heterocycles. The van der Waals surface area contributed by atoms with Crippen molar-refractivity contribution in [2.45, 2.75) is 33.7 Å². The molecule has 0 radical (unpaired) electrons. The van der Waals surface area contributed by atoms with Gasteiger partial charge in [-0.3, -0.25) is 0 Å². The fourth-order valence-electron chi connectivity index (χ4n) is 1.35. The number of benzene rings is 1. The third-order valence-electron chi connectivity index (χ3n) is 2.60. The molecule has 1 rings (SSSR count). The number of rotatable bonds is 1. The summed E-state index contributed by atoms with van der Waals surface area (Å²) in [5.41, 5.74) is 15.1. The van der Waals surface area contributed by atoms with E-state index in [0.29, 0.717) is 0 Å². The second-order valence-corrected chi connectivity index (χ2v) is 4.96. The number of hydrogen-bond donors (Lipinski definition) is 2. The van der Waals surface area contributed by atoms with Crippen LogP contribution in [0.25, 0.3) is 0 Å². The maximum atomic E-state index is 6.14. The van der Waals surface area contributed by atoms with Crippen LogP contribution in [0.1, 0.15) is 37.9 Å². The van der Waals surface area contributed by atoms with Crippen molar-refractivity contribution < 1.29 is 0 Å². The summed E-state index contributed by atoms with van der Waals surface area (Å²) in [7, 11) is 0. The van der Waals surface area contributed by atoms with Crippen LogP contribution in [0, 0.1) is 12.3 Å². The Hall–Kier alpha value is -1.02. The lowest BCUT2D eigenvalue weighted by Gasteiger charge is -2.27. The molecule has 0 amide bonds. The Labute approximate surface area is 86.3 Å². The molecule has 0 aliphatic heterocycles. The van der Waals surface area contributed by atoms with E-state index in [4.69, 9.17) is 11.5 Å². The second kappa shape index (κ2) is 3.62. The molecule has 0 fully saturated rings. The average Bonchev–Trinajstić information content (AvgIpc) is 2.07. The summed E-state index contributed by atoms with van der Waals surface area (Å²) in [6.45, 7) is 8.40. The molecule has 1 aromatic carbocycles. The van der Waals surface area contributed by atoms with Gasteiger partial charge >= 0.3 is 0 Å². The van der Waals surface area contributed by atoms with Crippen LogP contribution < -0.4 is 11.5 Å². The third-order valence-corrected chi connectivity index (χ3v) is 2.60. The van der Waals surface area contributed by atoms with Crippen LogP contribution >= 0.6 is 0 Å². The average molecular weight is 192 g/mol. The molecule has 0 saturated heterocycles. The number of hydrogen-bond acceptors (Lipinski definition) is 2. The number of nitrogen functional groups attached to an aromatic ring is 1. The normalized spacial score (nSPS) is 14.1. The van der Waals surface area contributed by atoms with Gasteiger partial charge in [-0.15, -0.1) is 0 Å². The first kappa shape index (κ1) is 11.1. The zero-order valence-corrected chi connectivity index (χ0v) is 9.46. The van der Waals surface area contributed by atoms with Crippen LogP contribution in [0.4, 0.5) is 5.69 Å². The SMILES string of the molecule is Cc1ccc([C@H](N)C(C)(C)C)cc1N. The maximum Gasteiger partial charge on any atom is 0.0347 e. The van der Waals surface area contributed by atoms with Gasteiger partial charge in [0.25, 0.3) is 0 Å². The number of nitrogens with two attached hydrogens (primary N) is 2. The highest BCUT2D eigenvalue weighted by atomic mass is 14.7. The van der Waals surface area contributed by atoms with Crippen LogP contribution in [-0.4, -0.2) is 0 Å². The molecule has 0 aliphatic carbocycles. The van der Waals surface area contributed by atoms with Crippen LogP contribution in [-0.2, 0) is 0 Å². The van der Waals surface area contributed by atoms with Gasteiger partial charge < -0.3 is 11.5 Å². The molecule has 0 heterocycles. The van der Waals surface area contributed by atoms with E-state index in [1.165, 1.54) is 0 Å². The lowest BCUT2D eigenvalue weighted by atomic mass is 9.83. The Kier molecular flexibility index (Phi) is 2.86. The highest BCUT2D eigenvalue weighted by Gasteiger charge is 2.22. The van der Waals surface area contributed by atoms with E-state index in [-0.39, 0.29) is 11.5 Å². The van der Waals surface area contributed by atoms with Crippen LogP contribution in [0.3, 0.4) is 0 Å². The molecule has 0 bridgehead atoms. The lowest BCUT2D eigenvalue weighted by molar-refractivity contribution is 0.327. The summed E-state index contributed by atoms with van der Waals surface area (Å²) in [5.74, 6) is 0. The molecule has 0 spiro atoms. The van der Waals surface area contributed by atoms with Crippen LogP contribution in [0.15, 0.2) is 18.2 Å². The van der Waals surface area contributed by atoms with E-state index in [9.17, 15) is 0 Å². The zero-order chi connectivity index (χ0) is 10.9. The van der Waals surface area contributed by atoms with Gasteiger partial charge in [0.2, 0.25) is 0 Å². The minimum absolute atomic E-state index is 0.0328. The van der Waals surface area contributed by atoms with E-state index in [2.05, 4.69) is 26.8 Å². The summed E-state index contributed by atoms with van der Waals surface area (Å²) in [5, 5.41) is 0. The maximum absolute atomic E-state index is 6.14. The fraction of sp³-hybridized carbons (Fsp3) is 0.500. The predicted octanol–water partition coefficient (Wildman–Crippen LogP) is 2.62. The van der Waals surface area contributed by atoms with E-state index in [1.807, 2.05) is 19.1 Å². The minimum Gasteiger partial charge on any atom is -0.399 e. The van der Waals surface area contributed by atoms with Gasteiger partial charge in [-0.25, -0.2) is 0 Å². The summed E-state index contributed by atoms with van der Waals surface area (Å²) in [4.78, 5) is 0. The monoisotopic (exact) mass is 192 g/mol. The molecule has 2 heteroatoms. The Morgan fingerprint density at radius 2 is 1.79 bits per heavy atom. The summed E-state index contributed by atoms with van der Waals surface area (Å²) in [6, 6.07) is 6.09. The van der Waals surface area contributed by atoms with Gasteiger partial charge in [0.05, 0.1) is 0 Å². The summed E-state index contributed by atoms with van der Waals surface area (Å²) in [6.07, 6.45) is 0. The van der Waals surface area contributed by atoms with Crippen molar-refractivity contribution in [3.63, 3.8) is 0 Å².